The van der Waals surface area contributed by atoms with E-state index >= 15 is 0 Å². The minimum atomic E-state index is -0.191. The Hall–Kier alpha value is -1.74. The van der Waals surface area contributed by atoms with Crippen molar-refractivity contribution in [3.63, 3.8) is 0 Å². The van der Waals surface area contributed by atoms with Crippen LogP contribution in [0.15, 0.2) is 48.8 Å². The van der Waals surface area contributed by atoms with E-state index in [1.165, 1.54) is 11.6 Å². The molecule has 82 valence electrons. The fourth-order valence-electron chi connectivity index (χ4n) is 1.50. The number of halogens is 1. The number of aromatic nitrogens is 1. The second-order valence-corrected chi connectivity index (χ2v) is 3.59. The number of hydrogen-bond donors (Lipinski definition) is 1. The summed E-state index contributed by atoms with van der Waals surface area (Å²) in [6, 6.07) is 10.5. The van der Waals surface area contributed by atoms with E-state index in [0.29, 0.717) is 6.54 Å². The Labute approximate surface area is 94.2 Å². The van der Waals surface area contributed by atoms with Crippen LogP contribution in [0.1, 0.15) is 11.1 Å². The van der Waals surface area contributed by atoms with E-state index in [0.717, 1.165) is 12.1 Å². The van der Waals surface area contributed by atoms with Crippen molar-refractivity contribution in [2.75, 3.05) is 0 Å². The summed E-state index contributed by atoms with van der Waals surface area (Å²) in [4.78, 5) is 3.95. The van der Waals surface area contributed by atoms with Crippen molar-refractivity contribution in [2.24, 2.45) is 0 Å². The highest BCUT2D eigenvalue weighted by molar-refractivity contribution is 5.16. The minimum Gasteiger partial charge on any atom is -0.309 e. The summed E-state index contributed by atoms with van der Waals surface area (Å²) in [7, 11) is 0. The zero-order chi connectivity index (χ0) is 11.2. The first-order valence-corrected chi connectivity index (χ1v) is 5.18. The maximum absolute atomic E-state index is 12.9. The van der Waals surface area contributed by atoms with Gasteiger partial charge in [0.1, 0.15) is 5.82 Å². The lowest BCUT2D eigenvalue weighted by molar-refractivity contribution is 0.620. The molecule has 0 unspecified atom stereocenters. The van der Waals surface area contributed by atoms with Gasteiger partial charge in [0.25, 0.3) is 0 Å². The maximum atomic E-state index is 12.9. The van der Waals surface area contributed by atoms with E-state index in [1.807, 2.05) is 18.2 Å². The van der Waals surface area contributed by atoms with Crippen LogP contribution >= 0.6 is 0 Å². The molecule has 3 heteroatoms. The molecular formula is C13H13FN2. The van der Waals surface area contributed by atoms with Crippen LogP contribution in [-0.4, -0.2) is 4.98 Å². The molecule has 1 heterocycles. The average molecular weight is 216 g/mol. The monoisotopic (exact) mass is 216 g/mol. The van der Waals surface area contributed by atoms with Crippen LogP contribution in [0, 0.1) is 5.82 Å². The third kappa shape index (κ3) is 3.14. The van der Waals surface area contributed by atoms with Gasteiger partial charge >= 0.3 is 0 Å². The molecule has 0 radical (unpaired) electrons. The number of nitrogens with zero attached hydrogens (tertiary/aromatic N) is 1. The Kier molecular flexibility index (Phi) is 3.62. The standard InChI is InChI=1S/C13H13FN2/c14-13-3-1-2-12(8-13)10-16-9-11-4-6-15-7-5-11/h1-8,16H,9-10H2. The topological polar surface area (TPSA) is 24.9 Å². The van der Waals surface area contributed by atoms with E-state index < -0.39 is 0 Å². The van der Waals surface area contributed by atoms with Crippen molar-refractivity contribution in [1.82, 2.24) is 10.3 Å². The largest absolute Gasteiger partial charge is 0.309 e. The molecule has 0 saturated carbocycles. The molecule has 2 rings (SSSR count). The molecule has 0 atom stereocenters. The van der Waals surface area contributed by atoms with E-state index in [2.05, 4.69) is 10.3 Å². The van der Waals surface area contributed by atoms with E-state index in [4.69, 9.17) is 0 Å². The molecule has 1 N–H and O–H groups in total. The van der Waals surface area contributed by atoms with Gasteiger partial charge in [-0.25, -0.2) is 4.39 Å². The smallest absolute Gasteiger partial charge is 0.123 e. The van der Waals surface area contributed by atoms with Gasteiger partial charge in [-0.2, -0.15) is 0 Å². The molecule has 0 saturated heterocycles. The summed E-state index contributed by atoms with van der Waals surface area (Å²) in [5.41, 5.74) is 2.13. The summed E-state index contributed by atoms with van der Waals surface area (Å²) in [6.45, 7) is 1.43. The summed E-state index contributed by atoms with van der Waals surface area (Å²) in [5.74, 6) is -0.191. The molecule has 1 aromatic heterocycles. The Morgan fingerprint density at radius 1 is 1.00 bits per heavy atom. The van der Waals surface area contributed by atoms with Gasteiger partial charge in [-0.15, -0.1) is 0 Å². The van der Waals surface area contributed by atoms with Crippen molar-refractivity contribution in [2.45, 2.75) is 13.1 Å². The Morgan fingerprint density at radius 3 is 2.50 bits per heavy atom. The number of benzene rings is 1. The van der Waals surface area contributed by atoms with Gasteiger partial charge < -0.3 is 5.32 Å². The van der Waals surface area contributed by atoms with Crippen LogP contribution in [0.2, 0.25) is 0 Å². The number of rotatable bonds is 4. The lowest BCUT2D eigenvalue weighted by Gasteiger charge is -2.04. The molecule has 0 fully saturated rings. The molecular weight excluding hydrogens is 203 g/mol. The lowest BCUT2D eigenvalue weighted by Crippen LogP contribution is -2.12. The predicted octanol–water partition coefficient (Wildman–Crippen LogP) is 2.51. The molecule has 0 aliphatic carbocycles. The summed E-state index contributed by atoms with van der Waals surface area (Å²) in [6.07, 6.45) is 3.53. The molecule has 0 aliphatic rings. The van der Waals surface area contributed by atoms with Crippen LogP contribution in [0.5, 0.6) is 0 Å². The zero-order valence-electron chi connectivity index (χ0n) is 8.86. The highest BCUT2D eigenvalue weighted by atomic mass is 19.1. The van der Waals surface area contributed by atoms with Crippen molar-refractivity contribution in [3.8, 4) is 0 Å². The average Bonchev–Trinajstić information content (AvgIpc) is 2.30. The van der Waals surface area contributed by atoms with Crippen molar-refractivity contribution >= 4 is 0 Å². The lowest BCUT2D eigenvalue weighted by atomic mass is 10.2. The quantitative estimate of drug-likeness (QED) is 0.849. The molecule has 16 heavy (non-hydrogen) atoms. The Morgan fingerprint density at radius 2 is 1.75 bits per heavy atom. The molecule has 1 aromatic carbocycles. The van der Waals surface area contributed by atoms with Crippen LogP contribution < -0.4 is 5.32 Å². The van der Waals surface area contributed by atoms with Gasteiger partial charge in [-0.3, -0.25) is 4.98 Å². The third-order valence-corrected chi connectivity index (χ3v) is 2.30. The van der Waals surface area contributed by atoms with Gasteiger partial charge in [0.2, 0.25) is 0 Å². The van der Waals surface area contributed by atoms with Crippen molar-refractivity contribution < 1.29 is 4.39 Å². The maximum Gasteiger partial charge on any atom is 0.123 e. The van der Waals surface area contributed by atoms with Gasteiger partial charge in [-0.1, -0.05) is 12.1 Å². The second kappa shape index (κ2) is 5.37. The van der Waals surface area contributed by atoms with Crippen LogP contribution in [0.25, 0.3) is 0 Å². The van der Waals surface area contributed by atoms with E-state index in [-0.39, 0.29) is 5.82 Å². The van der Waals surface area contributed by atoms with E-state index in [9.17, 15) is 4.39 Å². The third-order valence-electron chi connectivity index (χ3n) is 2.30. The molecule has 0 bridgehead atoms. The van der Waals surface area contributed by atoms with E-state index in [1.54, 1.807) is 24.5 Å². The molecule has 0 aliphatic heterocycles. The van der Waals surface area contributed by atoms with Gasteiger partial charge in [-0.05, 0) is 35.4 Å². The normalized spacial score (nSPS) is 10.3. The van der Waals surface area contributed by atoms with Gasteiger partial charge in [0.15, 0.2) is 0 Å². The first-order valence-electron chi connectivity index (χ1n) is 5.18. The SMILES string of the molecule is Fc1cccc(CNCc2ccncc2)c1. The van der Waals surface area contributed by atoms with Crippen LogP contribution in [0.4, 0.5) is 4.39 Å². The Bertz CT molecular complexity index is 443. The molecule has 2 aromatic rings. The van der Waals surface area contributed by atoms with Gasteiger partial charge in [0, 0.05) is 25.5 Å². The highest BCUT2D eigenvalue weighted by Crippen LogP contribution is 2.03. The molecule has 2 nitrogen and oxygen atoms in total. The summed E-state index contributed by atoms with van der Waals surface area (Å²) in [5, 5.41) is 3.25. The summed E-state index contributed by atoms with van der Waals surface area (Å²) < 4.78 is 12.9. The van der Waals surface area contributed by atoms with Crippen LogP contribution in [-0.2, 0) is 13.1 Å². The molecule has 0 amide bonds. The number of nitrogens with one attached hydrogen (secondary N) is 1. The summed E-state index contributed by atoms with van der Waals surface area (Å²) >= 11 is 0. The zero-order valence-corrected chi connectivity index (χ0v) is 8.86. The van der Waals surface area contributed by atoms with Crippen molar-refractivity contribution in [3.05, 3.63) is 65.7 Å². The number of hydrogen-bond acceptors (Lipinski definition) is 2. The second-order valence-electron chi connectivity index (χ2n) is 3.59. The number of pyridine rings is 1. The first kappa shape index (κ1) is 10.8. The fourth-order valence-corrected chi connectivity index (χ4v) is 1.50. The first-order chi connectivity index (χ1) is 7.84. The highest BCUT2D eigenvalue weighted by Gasteiger charge is 1.95. The van der Waals surface area contributed by atoms with Gasteiger partial charge in [0.05, 0.1) is 0 Å². The molecule has 0 spiro atoms. The predicted molar refractivity (Wildman–Crippen MR) is 61.2 cm³/mol. The van der Waals surface area contributed by atoms with Crippen molar-refractivity contribution in [1.29, 1.82) is 0 Å². The fraction of sp³-hybridized carbons (Fsp3) is 0.154. The minimum absolute atomic E-state index is 0.191. The Balaban J connectivity index is 1.85. The van der Waals surface area contributed by atoms with Crippen LogP contribution in [0.3, 0.4) is 0 Å².